The van der Waals surface area contributed by atoms with Crippen molar-refractivity contribution >= 4 is 17.7 Å². The van der Waals surface area contributed by atoms with Gasteiger partial charge in [-0.3, -0.25) is 9.59 Å². The van der Waals surface area contributed by atoms with E-state index >= 15 is 0 Å². The number of carbonyl (C=O) groups excluding carboxylic acids is 3. The number of carbonyl (C=O) groups is 3. The standard InChI is InChI=1S/C23H24O5/c1-3-4-8-15(2)19(24)12-11-17-18-13-22(25)27-21(18)14-20(17)28-23(26)16-9-6-5-7-10-16/h5-7,9-12,15,17-18,20-21H,8,13-14H2,1-2H3/t15?,17-,18-,20-,21+/m1/s1. The van der Waals surface area contributed by atoms with E-state index in [0.29, 0.717) is 18.4 Å². The summed E-state index contributed by atoms with van der Waals surface area (Å²) in [7, 11) is 0. The van der Waals surface area contributed by atoms with Crippen LogP contribution in [0.25, 0.3) is 0 Å². The molecule has 1 saturated heterocycles. The van der Waals surface area contributed by atoms with Crippen molar-refractivity contribution < 1.29 is 23.9 Å². The van der Waals surface area contributed by atoms with E-state index < -0.39 is 12.1 Å². The van der Waals surface area contributed by atoms with Crippen LogP contribution in [-0.2, 0) is 19.1 Å². The van der Waals surface area contributed by atoms with Crippen molar-refractivity contribution in [1.82, 2.24) is 0 Å². The average Bonchev–Trinajstić information content (AvgIpc) is 3.20. The summed E-state index contributed by atoms with van der Waals surface area (Å²) in [6.07, 6.45) is 3.87. The Morgan fingerprint density at radius 3 is 2.79 bits per heavy atom. The number of ether oxygens (including phenoxy) is 2. The molecule has 2 fully saturated rings. The Hall–Kier alpha value is -2.87. The van der Waals surface area contributed by atoms with Crippen LogP contribution in [0.2, 0.25) is 0 Å². The van der Waals surface area contributed by atoms with Crippen molar-refractivity contribution in [2.45, 2.75) is 45.3 Å². The highest BCUT2D eigenvalue weighted by atomic mass is 16.6. The average molecular weight is 380 g/mol. The first kappa shape index (κ1) is 19.9. The molecule has 5 heteroatoms. The molecule has 146 valence electrons. The van der Waals surface area contributed by atoms with E-state index in [1.165, 1.54) is 0 Å². The second-order valence-corrected chi connectivity index (χ2v) is 7.31. The number of hydrogen-bond donors (Lipinski definition) is 0. The molecule has 0 N–H and O–H groups in total. The molecule has 1 unspecified atom stereocenters. The second-order valence-electron chi connectivity index (χ2n) is 7.31. The highest BCUT2D eigenvalue weighted by Gasteiger charge is 2.50. The van der Waals surface area contributed by atoms with Crippen molar-refractivity contribution in [3.8, 4) is 11.8 Å². The molecule has 28 heavy (non-hydrogen) atoms. The molecule has 1 aliphatic carbocycles. The van der Waals surface area contributed by atoms with Crippen LogP contribution in [0.5, 0.6) is 0 Å². The van der Waals surface area contributed by atoms with Crippen molar-refractivity contribution in [2.75, 3.05) is 0 Å². The molecule has 3 rings (SSSR count). The van der Waals surface area contributed by atoms with Crippen LogP contribution < -0.4 is 0 Å². The summed E-state index contributed by atoms with van der Waals surface area (Å²) in [4.78, 5) is 36.5. The number of hydrogen-bond acceptors (Lipinski definition) is 5. The molecular formula is C23H24O5. The maximum absolute atomic E-state index is 12.5. The van der Waals surface area contributed by atoms with Gasteiger partial charge < -0.3 is 9.47 Å². The molecule has 2 aliphatic rings. The number of fused-ring (bicyclic) bond motifs is 1. The highest BCUT2D eigenvalue weighted by Crippen LogP contribution is 2.43. The number of allylic oxidation sites excluding steroid dienone is 1. The van der Waals surface area contributed by atoms with Gasteiger partial charge in [-0.05, 0) is 25.1 Å². The molecule has 1 aromatic rings. The molecule has 0 bridgehead atoms. The monoisotopic (exact) mass is 380 g/mol. The molecule has 0 aromatic heterocycles. The minimum atomic E-state index is -0.425. The van der Waals surface area contributed by atoms with Gasteiger partial charge in [0, 0.05) is 30.6 Å². The van der Waals surface area contributed by atoms with Crippen LogP contribution in [0.15, 0.2) is 42.5 Å². The van der Waals surface area contributed by atoms with Gasteiger partial charge in [-0.2, -0.15) is 0 Å². The minimum absolute atomic E-state index is 0.0235. The zero-order valence-corrected chi connectivity index (χ0v) is 16.1. The fourth-order valence-corrected chi connectivity index (χ4v) is 3.80. The predicted molar refractivity (Wildman–Crippen MR) is 103 cm³/mol. The zero-order chi connectivity index (χ0) is 20.1. The summed E-state index contributed by atoms with van der Waals surface area (Å²) in [5, 5.41) is 0. The third kappa shape index (κ3) is 4.51. The number of esters is 2. The van der Waals surface area contributed by atoms with Gasteiger partial charge >= 0.3 is 11.9 Å². The van der Waals surface area contributed by atoms with Crippen LogP contribution in [-0.4, -0.2) is 29.9 Å². The first-order chi connectivity index (χ1) is 13.5. The van der Waals surface area contributed by atoms with E-state index in [1.807, 2.05) is 13.0 Å². The fourth-order valence-electron chi connectivity index (χ4n) is 3.80. The molecule has 0 amide bonds. The van der Waals surface area contributed by atoms with Gasteiger partial charge in [0.1, 0.15) is 12.2 Å². The first-order valence-electron chi connectivity index (χ1n) is 9.56. The Kier molecular flexibility index (Phi) is 6.30. The third-order valence-electron chi connectivity index (χ3n) is 5.37. The van der Waals surface area contributed by atoms with Crippen molar-refractivity contribution in [2.24, 2.45) is 17.8 Å². The van der Waals surface area contributed by atoms with Crippen LogP contribution in [0, 0.1) is 29.6 Å². The SMILES string of the molecule is CC#CCC(C)C(=O)C=C[C@@H]1[C@H]2CC(=O)O[C@H]2C[C@H]1OC(=O)c1ccccc1. The van der Waals surface area contributed by atoms with Crippen LogP contribution in [0.1, 0.15) is 43.5 Å². The summed E-state index contributed by atoms with van der Waals surface area (Å²) in [5.41, 5.74) is 0.474. The minimum Gasteiger partial charge on any atom is -0.462 e. The van der Waals surface area contributed by atoms with E-state index in [-0.39, 0.29) is 42.0 Å². The molecule has 0 radical (unpaired) electrons. The van der Waals surface area contributed by atoms with Crippen LogP contribution in [0.3, 0.4) is 0 Å². The van der Waals surface area contributed by atoms with Gasteiger partial charge in [0.15, 0.2) is 5.78 Å². The van der Waals surface area contributed by atoms with E-state index in [2.05, 4.69) is 11.8 Å². The number of rotatable bonds is 6. The summed E-state index contributed by atoms with van der Waals surface area (Å²) >= 11 is 0. The number of benzene rings is 1. The molecular weight excluding hydrogens is 356 g/mol. The molecule has 5 nitrogen and oxygen atoms in total. The van der Waals surface area contributed by atoms with Crippen molar-refractivity contribution in [3.63, 3.8) is 0 Å². The van der Waals surface area contributed by atoms with Gasteiger partial charge in [0.05, 0.1) is 12.0 Å². The lowest BCUT2D eigenvalue weighted by Crippen LogP contribution is -2.25. The van der Waals surface area contributed by atoms with E-state index in [9.17, 15) is 14.4 Å². The molecule has 1 heterocycles. The van der Waals surface area contributed by atoms with E-state index in [0.717, 1.165) is 0 Å². The summed E-state index contributed by atoms with van der Waals surface area (Å²) in [6.45, 7) is 3.58. The lowest BCUT2D eigenvalue weighted by Gasteiger charge is -2.20. The summed E-state index contributed by atoms with van der Waals surface area (Å²) < 4.78 is 11.1. The molecule has 1 aliphatic heterocycles. The maximum atomic E-state index is 12.5. The Balaban J connectivity index is 1.72. The largest absolute Gasteiger partial charge is 0.462 e. The Morgan fingerprint density at radius 1 is 1.32 bits per heavy atom. The zero-order valence-electron chi connectivity index (χ0n) is 16.1. The smallest absolute Gasteiger partial charge is 0.338 e. The highest BCUT2D eigenvalue weighted by molar-refractivity contribution is 5.92. The second kappa shape index (κ2) is 8.88. The van der Waals surface area contributed by atoms with E-state index in [1.54, 1.807) is 43.3 Å². The molecule has 1 aromatic carbocycles. The van der Waals surface area contributed by atoms with Crippen molar-refractivity contribution in [1.29, 1.82) is 0 Å². The van der Waals surface area contributed by atoms with Crippen LogP contribution >= 0.6 is 0 Å². The number of ketones is 1. The van der Waals surface area contributed by atoms with Crippen LogP contribution in [0.4, 0.5) is 0 Å². The summed E-state index contributed by atoms with van der Waals surface area (Å²) in [5.74, 6) is 4.54. The van der Waals surface area contributed by atoms with E-state index in [4.69, 9.17) is 9.47 Å². The normalized spacial score (nSPS) is 26.9. The van der Waals surface area contributed by atoms with Crippen molar-refractivity contribution in [3.05, 3.63) is 48.0 Å². The molecule has 1 saturated carbocycles. The van der Waals surface area contributed by atoms with Gasteiger partial charge in [0.25, 0.3) is 0 Å². The first-order valence-corrected chi connectivity index (χ1v) is 9.56. The molecule has 0 spiro atoms. The Bertz CT molecular complexity index is 830. The van der Waals surface area contributed by atoms with Gasteiger partial charge in [0.2, 0.25) is 0 Å². The van der Waals surface area contributed by atoms with Gasteiger partial charge in [-0.15, -0.1) is 11.8 Å². The molecule has 5 atom stereocenters. The fraction of sp³-hybridized carbons (Fsp3) is 0.435. The summed E-state index contributed by atoms with van der Waals surface area (Å²) in [6, 6.07) is 8.78. The lowest BCUT2D eigenvalue weighted by molar-refractivity contribution is -0.141. The quantitative estimate of drug-likeness (QED) is 0.430. The Labute approximate surface area is 165 Å². The Morgan fingerprint density at radius 2 is 2.07 bits per heavy atom. The topological polar surface area (TPSA) is 69.7 Å². The maximum Gasteiger partial charge on any atom is 0.338 e. The third-order valence-corrected chi connectivity index (χ3v) is 5.37. The predicted octanol–water partition coefficient (Wildman–Crippen LogP) is 3.34. The lowest BCUT2D eigenvalue weighted by atomic mass is 9.90. The van der Waals surface area contributed by atoms with Gasteiger partial charge in [-0.1, -0.05) is 31.2 Å². The van der Waals surface area contributed by atoms with Gasteiger partial charge in [-0.25, -0.2) is 4.79 Å².